The molecule has 3 aromatic rings. The van der Waals surface area contributed by atoms with E-state index < -0.39 is 0 Å². The van der Waals surface area contributed by atoms with Crippen molar-refractivity contribution in [2.45, 2.75) is 0 Å². The summed E-state index contributed by atoms with van der Waals surface area (Å²) < 4.78 is 13.4. The Morgan fingerprint density at radius 3 is 2.82 bits per heavy atom. The van der Waals surface area contributed by atoms with Crippen LogP contribution in [0.1, 0.15) is 11.3 Å². The first-order valence-electron chi connectivity index (χ1n) is 6.89. The quantitative estimate of drug-likeness (QED) is 0.691. The minimum Gasteiger partial charge on any atom is -0.321 e. The Bertz CT molecular complexity index is 947. The van der Waals surface area contributed by atoms with E-state index in [1.165, 1.54) is 12.1 Å². The van der Waals surface area contributed by atoms with Gasteiger partial charge in [0.25, 0.3) is 5.91 Å². The molecule has 1 aliphatic rings. The first kappa shape index (κ1) is 12.7. The van der Waals surface area contributed by atoms with Crippen molar-refractivity contribution in [2.75, 3.05) is 5.32 Å². The SMILES string of the molecule is O=C1Nc2ccc(F)cc2/C1=C\c1ccc2ccccc2n1. The van der Waals surface area contributed by atoms with E-state index in [0.717, 1.165) is 10.9 Å². The second-order valence-electron chi connectivity index (χ2n) is 5.13. The van der Waals surface area contributed by atoms with Gasteiger partial charge in [-0.05, 0) is 36.4 Å². The standard InChI is InChI=1S/C18H11FN2O/c19-12-6-8-17-14(9-12)15(18(22)21-17)10-13-7-5-11-3-1-2-4-16(11)20-13/h1-10H,(H,21,22)/b15-10+. The molecule has 106 valence electrons. The van der Waals surface area contributed by atoms with Crippen LogP contribution in [0.3, 0.4) is 0 Å². The minimum absolute atomic E-state index is 0.240. The maximum Gasteiger partial charge on any atom is 0.256 e. The second kappa shape index (κ2) is 4.77. The fourth-order valence-corrected chi connectivity index (χ4v) is 2.61. The van der Waals surface area contributed by atoms with Gasteiger partial charge in [-0.1, -0.05) is 24.3 Å². The van der Waals surface area contributed by atoms with Gasteiger partial charge in [0.05, 0.1) is 16.8 Å². The maximum atomic E-state index is 13.4. The zero-order valence-corrected chi connectivity index (χ0v) is 11.5. The van der Waals surface area contributed by atoms with Crippen LogP contribution >= 0.6 is 0 Å². The van der Waals surface area contributed by atoms with Crippen LogP contribution in [0.25, 0.3) is 22.6 Å². The average molecular weight is 290 g/mol. The molecule has 1 aromatic heterocycles. The summed E-state index contributed by atoms with van der Waals surface area (Å²) in [6.45, 7) is 0. The summed E-state index contributed by atoms with van der Waals surface area (Å²) in [5.74, 6) is -0.608. The Labute approximate surface area is 126 Å². The molecule has 0 bridgehead atoms. The summed E-state index contributed by atoms with van der Waals surface area (Å²) in [5, 5.41) is 3.76. The van der Waals surface area contributed by atoms with Gasteiger partial charge >= 0.3 is 0 Å². The van der Waals surface area contributed by atoms with E-state index in [-0.39, 0.29) is 11.7 Å². The van der Waals surface area contributed by atoms with Gasteiger partial charge in [0.2, 0.25) is 0 Å². The molecule has 2 aromatic carbocycles. The van der Waals surface area contributed by atoms with E-state index in [4.69, 9.17) is 0 Å². The highest BCUT2D eigenvalue weighted by molar-refractivity contribution is 6.34. The van der Waals surface area contributed by atoms with E-state index in [1.54, 1.807) is 12.1 Å². The average Bonchev–Trinajstić information content (AvgIpc) is 2.83. The van der Waals surface area contributed by atoms with E-state index in [1.807, 2.05) is 36.4 Å². The molecule has 2 heterocycles. The minimum atomic E-state index is -0.368. The number of nitrogens with one attached hydrogen (secondary N) is 1. The van der Waals surface area contributed by atoms with Crippen LogP contribution in [0.2, 0.25) is 0 Å². The molecule has 0 saturated carbocycles. The zero-order chi connectivity index (χ0) is 15.1. The van der Waals surface area contributed by atoms with Crippen molar-refractivity contribution in [2.24, 2.45) is 0 Å². The molecule has 1 aliphatic heterocycles. The van der Waals surface area contributed by atoms with Gasteiger partial charge in [0.1, 0.15) is 5.82 Å². The highest BCUT2D eigenvalue weighted by Crippen LogP contribution is 2.33. The number of amides is 1. The molecule has 0 fully saturated rings. The van der Waals surface area contributed by atoms with E-state index in [9.17, 15) is 9.18 Å². The molecule has 0 unspecified atom stereocenters. The van der Waals surface area contributed by atoms with Gasteiger partial charge in [-0.2, -0.15) is 0 Å². The lowest BCUT2D eigenvalue weighted by Gasteiger charge is -2.01. The number of fused-ring (bicyclic) bond motifs is 2. The van der Waals surface area contributed by atoms with Gasteiger partial charge in [0.15, 0.2) is 0 Å². The Balaban J connectivity index is 1.85. The lowest BCUT2D eigenvalue weighted by molar-refractivity contribution is -0.110. The number of carbonyl (C=O) groups is 1. The number of pyridine rings is 1. The molecule has 4 rings (SSSR count). The smallest absolute Gasteiger partial charge is 0.256 e. The normalized spacial score (nSPS) is 15.1. The number of nitrogens with zero attached hydrogens (tertiary/aromatic N) is 1. The summed E-state index contributed by atoms with van der Waals surface area (Å²) in [4.78, 5) is 16.6. The van der Waals surface area contributed by atoms with E-state index in [0.29, 0.717) is 22.5 Å². The van der Waals surface area contributed by atoms with Crippen molar-refractivity contribution >= 4 is 34.1 Å². The lowest BCUT2D eigenvalue weighted by Crippen LogP contribution is -2.03. The summed E-state index contributed by atoms with van der Waals surface area (Å²) in [6, 6.07) is 15.8. The third-order valence-electron chi connectivity index (χ3n) is 3.68. The first-order chi connectivity index (χ1) is 10.7. The van der Waals surface area contributed by atoms with Crippen LogP contribution < -0.4 is 5.32 Å². The number of aromatic nitrogens is 1. The third-order valence-corrected chi connectivity index (χ3v) is 3.68. The van der Waals surface area contributed by atoms with Crippen LogP contribution in [0.5, 0.6) is 0 Å². The van der Waals surface area contributed by atoms with Crippen molar-refractivity contribution in [3.63, 3.8) is 0 Å². The number of anilines is 1. The Morgan fingerprint density at radius 1 is 1.05 bits per heavy atom. The molecule has 3 nitrogen and oxygen atoms in total. The molecule has 4 heteroatoms. The number of rotatable bonds is 1. The van der Waals surface area contributed by atoms with E-state index >= 15 is 0 Å². The van der Waals surface area contributed by atoms with Crippen LogP contribution in [0, 0.1) is 5.82 Å². The molecule has 0 aliphatic carbocycles. The molecule has 0 atom stereocenters. The second-order valence-corrected chi connectivity index (χ2v) is 5.13. The largest absolute Gasteiger partial charge is 0.321 e. The molecule has 0 radical (unpaired) electrons. The van der Waals surface area contributed by atoms with Crippen molar-refractivity contribution in [1.29, 1.82) is 0 Å². The number of benzene rings is 2. The molecular formula is C18H11FN2O. The van der Waals surface area contributed by atoms with E-state index in [2.05, 4.69) is 10.3 Å². The molecular weight excluding hydrogens is 279 g/mol. The summed E-state index contributed by atoms with van der Waals surface area (Å²) >= 11 is 0. The number of halogens is 1. The number of hydrogen-bond acceptors (Lipinski definition) is 2. The monoisotopic (exact) mass is 290 g/mol. The number of hydrogen-bond donors (Lipinski definition) is 1. The van der Waals surface area contributed by atoms with Crippen molar-refractivity contribution in [1.82, 2.24) is 4.98 Å². The van der Waals surface area contributed by atoms with Crippen LogP contribution in [0.4, 0.5) is 10.1 Å². The van der Waals surface area contributed by atoms with Gasteiger partial charge in [-0.3, -0.25) is 4.79 Å². The van der Waals surface area contributed by atoms with Crippen LogP contribution in [0.15, 0.2) is 54.6 Å². The summed E-state index contributed by atoms with van der Waals surface area (Å²) in [5.41, 5.74) is 3.14. The maximum absolute atomic E-state index is 13.4. The fourth-order valence-electron chi connectivity index (χ4n) is 2.61. The Kier molecular flexibility index (Phi) is 2.76. The third kappa shape index (κ3) is 2.05. The Morgan fingerprint density at radius 2 is 1.91 bits per heavy atom. The zero-order valence-electron chi connectivity index (χ0n) is 11.5. The molecule has 22 heavy (non-hydrogen) atoms. The molecule has 1 amide bonds. The molecule has 1 N–H and O–H groups in total. The van der Waals surface area contributed by atoms with Crippen LogP contribution in [-0.2, 0) is 4.79 Å². The highest BCUT2D eigenvalue weighted by atomic mass is 19.1. The first-order valence-corrected chi connectivity index (χ1v) is 6.89. The van der Waals surface area contributed by atoms with Gasteiger partial charge in [-0.25, -0.2) is 9.37 Å². The van der Waals surface area contributed by atoms with Crippen molar-refractivity contribution in [3.05, 3.63) is 71.7 Å². The fraction of sp³-hybridized carbons (Fsp3) is 0. The number of para-hydroxylation sites is 1. The predicted octanol–water partition coefficient (Wildman–Crippen LogP) is 3.87. The lowest BCUT2D eigenvalue weighted by atomic mass is 10.1. The summed E-state index contributed by atoms with van der Waals surface area (Å²) in [7, 11) is 0. The van der Waals surface area contributed by atoms with Crippen molar-refractivity contribution in [3.8, 4) is 0 Å². The Hall–Kier alpha value is -3.01. The highest BCUT2D eigenvalue weighted by Gasteiger charge is 2.24. The molecule has 0 spiro atoms. The molecule has 0 saturated heterocycles. The topological polar surface area (TPSA) is 42.0 Å². The van der Waals surface area contributed by atoms with Crippen LogP contribution in [-0.4, -0.2) is 10.9 Å². The van der Waals surface area contributed by atoms with Gasteiger partial charge in [-0.15, -0.1) is 0 Å². The number of carbonyl (C=O) groups excluding carboxylic acids is 1. The van der Waals surface area contributed by atoms with Gasteiger partial charge < -0.3 is 5.32 Å². The summed E-state index contributed by atoms with van der Waals surface area (Å²) in [6.07, 6.45) is 1.69. The van der Waals surface area contributed by atoms with Gasteiger partial charge in [0, 0.05) is 16.6 Å². The predicted molar refractivity (Wildman–Crippen MR) is 84.6 cm³/mol. The van der Waals surface area contributed by atoms with Crippen molar-refractivity contribution < 1.29 is 9.18 Å².